The molecule has 9 heteroatoms. The summed E-state index contributed by atoms with van der Waals surface area (Å²) in [6.07, 6.45) is 5.84. The summed E-state index contributed by atoms with van der Waals surface area (Å²) in [5.41, 5.74) is 13.5. The first-order valence-electron chi connectivity index (χ1n) is 11.4. The third-order valence-electron chi connectivity index (χ3n) is 6.21. The second-order valence-corrected chi connectivity index (χ2v) is 8.57. The van der Waals surface area contributed by atoms with E-state index in [0.29, 0.717) is 6.54 Å². The molecule has 0 amide bonds. The molecule has 3 N–H and O–H groups in total. The lowest BCUT2D eigenvalue weighted by molar-refractivity contribution is 0.223. The summed E-state index contributed by atoms with van der Waals surface area (Å²) in [5, 5.41) is 7.41. The van der Waals surface area contributed by atoms with Crippen LogP contribution in [0.15, 0.2) is 55.0 Å². The molecule has 0 atom stereocenters. The summed E-state index contributed by atoms with van der Waals surface area (Å²) in [7, 11) is 0. The molecule has 6 heterocycles. The van der Waals surface area contributed by atoms with Gasteiger partial charge in [-0.2, -0.15) is 5.10 Å². The van der Waals surface area contributed by atoms with Crippen molar-refractivity contribution >= 4 is 11.0 Å². The number of aromatic amines is 1. The van der Waals surface area contributed by atoms with E-state index in [-0.39, 0.29) is 0 Å². The number of nitrogens with one attached hydrogen (secondary N) is 1. The zero-order valence-electron chi connectivity index (χ0n) is 18.9. The summed E-state index contributed by atoms with van der Waals surface area (Å²) in [5.74, 6) is 1.06. The van der Waals surface area contributed by atoms with Gasteiger partial charge in [0.2, 0.25) is 0 Å². The summed E-state index contributed by atoms with van der Waals surface area (Å²) in [6, 6.07) is 11.9. The molecule has 0 spiro atoms. The van der Waals surface area contributed by atoms with Crippen molar-refractivity contribution in [1.82, 2.24) is 39.6 Å². The maximum atomic E-state index is 5.73. The molecule has 0 aromatic carbocycles. The van der Waals surface area contributed by atoms with Crippen molar-refractivity contribution in [3.05, 3.63) is 66.5 Å². The number of hydrogen-bond donors (Lipinski definition) is 2. The van der Waals surface area contributed by atoms with E-state index in [1.54, 1.807) is 0 Å². The van der Waals surface area contributed by atoms with Gasteiger partial charge in [0.05, 0.1) is 34.7 Å². The first-order valence-corrected chi connectivity index (χ1v) is 11.4. The Morgan fingerprint density at radius 1 is 1.00 bits per heavy atom. The van der Waals surface area contributed by atoms with Crippen LogP contribution in [0.1, 0.15) is 11.5 Å². The minimum Gasteiger partial charge on any atom is -0.332 e. The maximum Gasteiger partial charge on any atom is 0.123 e. The molecular formula is C25H25N9. The SMILES string of the molecule is Cc1cccc(-c2n[nH]cc2-c2ccc3ncc(-c4cn5c(n4)CN(CCN)CC5)cc3n2)n1. The Kier molecular flexibility index (Phi) is 5.12. The van der Waals surface area contributed by atoms with Gasteiger partial charge in [-0.25, -0.2) is 9.97 Å². The van der Waals surface area contributed by atoms with Gasteiger partial charge in [-0.1, -0.05) is 6.07 Å². The molecular weight excluding hydrogens is 426 g/mol. The molecule has 0 radical (unpaired) electrons. The van der Waals surface area contributed by atoms with Crippen LogP contribution in [0.3, 0.4) is 0 Å². The van der Waals surface area contributed by atoms with Gasteiger partial charge in [-0.3, -0.25) is 20.0 Å². The molecule has 5 aromatic rings. The number of aryl methyl sites for hydroxylation is 1. The van der Waals surface area contributed by atoms with Gasteiger partial charge in [0, 0.05) is 61.6 Å². The zero-order chi connectivity index (χ0) is 23.1. The lowest BCUT2D eigenvalue weighted by Gasteiger charge is -2.26. The van der Waals surface area contributed by atoms with Crippen LogP contribution in [0.4, 0.5) is 0 Å². The Morgan fingerprint density at radius 2 is 1.94 bits per heavy atom. The van der Waals surface area contributed by atoms with E-state index in [0.717, 1.165) is 82.6 Å². The fraction of sp³-hybridized carbons (Fsp3) is 0.240. The number of imidazole rings is 1. The average molecular weight is 452 g/mol. The van der Waals surface area contributed by atoms with E-state index in [1.165, 1.54) is 0 Å². The van der Waals surface area contributed by atoms with Crippen molar-refractivity contribution < 1.29 is 0 Å². The lowest BCUT2D eigenvalue weighted by atomic mass is 10.1. The number of aromatic nitrogens is 7. The molecule has 5 aromatic heterocycles. The Labute approximate surface area is 196 Å². The van der Waals surface area contributed by atoms with E-state index in [2.05, 4.69) is 41.9 Å². The quantitative estimate of drug-likeness (QED) is 0.422. The van der Waals surface area contributed by atoms with Gasteiger partial charge in [0.25, 0.3) is 0 Å². The average Bonchev–Trinajstić information content (AvgIpc) is 3.51. The van der Waals surface area contributed by atoms with E-state index < -0.39 is 0 Å². The van der Waals surface area contributed by atoms with Crippen molar-refractivity contribution in [3.8, 4) is 33.9 Å². The smallest absolute Gasteiger partial charge is 0.123 e. The molecule has 0 bridgehead atoms. The zero-order valence-corrected chi connectivity index (χ0v) is 18.9. The number of pyridine rings is 3. The number of nitrogens with two attached hydrogens (primary N) is 1. The Balaban J connectivity index is 1.36. The van der Waals surface area contributed by atoms with Crippen molar-refractivity contribution in [2.24, 2.45) is 5.73 Å². The molecule has 34 heavy (non-hydrogen) atoms. The molecule has 1 aliphatic heterocycles. The van der Waals surface area contributed by atoms with Crippen LogP contribution in [-0.4, -0.2) is 59.2 Å². The second kappa shape index (κ2) is 8.44. The predicted octanol–water partition coefficient (Wildman–Crippen LogP) is 3.03. The van der Waals surface area contributed by atoms with Gasteiger partial charge in [-0.05, 0) is 37.3 Å². The van der Waals surface area contributed by atoms with Crippen molar-refractivity contribution in [2.45, 2.75) is 20.0 Å². The minimum absolute atomic E-state index is 0.661. The van der Waals surface area contributed by atoms with Gasteiger partial charge in [0.15, 0.2) is 0 Å². The summed E-state index contributed by atoms with van der Waals surface area (Å²) >= 11 is 0. The van der Waals surface area contributed by atoms with Crippen LogP contribution in [0, 0.1) is 6.92 Å². The normalized spacial score (nSPS) is 13.9. The minimum atomic E-state index is 0.661. The van der Waals surface area contributed by atoms with Crippen LogP contribution < -0.4 is 5.73 Å². The molecule has 0 unspecified atom stereocenters. The second-order valence-electron chi connectivity index (χ2n) is 8.57. The predicted molar refractivity (Wildman–Crippen MR) is 131 cm³/mol. The molecule has 170 valence electrons. The van der Waals surface area contributed by atoms with Crippen molar-refractivity contribution in [3.63, 3.8) is 0 Å². The molecule has 9 nitrogen and oxygen atoms in total. The Morgan fingerprint density at radius 3 is 2.82 bits per heavy atom. The summed E-state index contributed by atoms with van der Waals surface area (Å²) < 4.78 is 2.23. The highest BCUT2D eigenvalue weighted by Crippen LogP contribution is 2.30. The monoisotopic (exact) mass is 451 g/mol. The van der Waals surface area contributed by atoms with Crippen LogP contribution in [0.25, 0.3) is 44.9 Å². The Hall–Kier alpha value is -3.95. The number of H-pyrrole nitrogens is 1. The van der Waals surface area contributed by atoms with E-state index in [9.17, 15) is 0 Å². The highest BCUT2D eigenvalue weighted by molar-refractivity contribution is 5.84. The standard InChI is InChI=1S/C25H25N9/c1-16-3-2-4-21(29-16)25-18(13-28-32-25)19-5-6-20-22(30-19)11-17(12-27-20)23-14-34-10-9-33(8-7-26)15-24(34)31-23/h2-6,11-14H,7-10,15,26H2,1H3,(H,28,32). The third kappa shape index (κ3) is 3.74. The van der Waals surface area contributed by atoms with Crippen LogP contribution >= 0.6 is 0 Å². The highest BCUT2D eigenvalue weighted by Gasteiger charge is 2.19. The van der Waals surface area contributed by atoms with Gasteiger partial charge in [-0.15, -0.1) is 0 Å². The largest absolute Gasteiger partial charge is 0.332 e. The molecule has 0 fully saturated rings. The topological polar surface area (TPSA) is 114 Å². The maximum absolute atomic E-state index is 5.73. The summed E-state index contributed by atoms with van der Waals surface area (Å²) in [6.45, 7) is 6.25. The molecule has 1 aliphatic rings. The van der Waals surface area contributed by atoms with Crippen molar-refractivity contribution in [1.29, 1.82) is 0 Å². The summed E-state index contributed by atoms with van der Waals surface area (Å²) in [4.78, 5) is 21.4. The first-order chi connectivity index (χ1) is 16.7. The number of fused-ring (bicyclic) bond motifs is 2. The first kappa shape index (κ1) is 20.6. The van der Waals surface area contributed by atoms with Crippen LogP contribution in [0.5, 0.6) is 0 Å². The highest BCUT2D eigenvalue weighted by atomic mass is 15.2. The van der Waals surface area contributed by atoms with Gasteiger partial charge in [0.1, 0.15) is 11.5 Å². The fourth-order valence-electron chi connectivity index (χ4n) is 4.47. The van der Waals surface area contributed by atoms with E-state index in [4.69, 9.17) is 15.7 Å². The number of hydrogen-bond acceptors (Lipinski definition) is 7. The third-order valence-corrected chi connectivity index (χ3v) is 6.21. The molecule has 6 rings (SSSR count). The van der Waals surface area contributed by atoms with Crippen molar-refractivity contribution in [2.75, 3.05) is 19.6 Å². The lowest BCUT2D eigenvalue weighted by Crippen LogP contribution is -2.36. The number of rotatable bonds is 5. The Bertz CT molecular complexity index is 1480. The molecule has 0 saturated carbocycles. The fourth-order valence-corrected chi connectivity index (χ4v) is 4.47. The van der Waals surface area contributed by atoms with Crippen LogP contribution in [-0.2, 0) is 13.1 Å². The van der Waals surface area contributed by atoms with Gasteiger partial charge >= 0.3 is 0 Å². The molecule has 0 saturated heterocycles. The van der Waals surface area contributed by atoms with E-state index in [1.807, 2.05) is 49.6 Å². The number of nitrogens with zero attached hydrogens (tertiary/aromatic N) is 7. The van der Waals surface area contributed by atoms with E-state index >= 15 is 0 Å². The molecule has 0 aliphatic carbocycles. The van der Waals surface area contributed by atoms with Crippen LogP contribution in [0.2, 0.25) is 0 Å². The van der Waals surface area contributed by atoms with Gasteiger partial charge < -0.3 is 10.3 Å².